The van der Waals surface area contributed by atoms with Gasteiger partial charge in [0, 0.05) is 56.8 Å². The lowest BCUT2D eigenvalue weighted by molar-refractivity contribution is -0.140. The van der Waals surface area contributed by atoms with Crippen LogP contribution in [-0.4, -0.2) is 70.9 Å². The molecule has 4 rings (SSSR count). The fourth-order valence-electron chi connectivity index (χ4n) is 4.49. The van der Waals surface area contributed by atoms with Gasteiger partial charge in [-0.2, -0.15) is 31.4 Å². The Labute approximate surface area is 206 Å². The zero-order valence-corrected chi connectivity index (χ0v) is 19.5. The maximum Gasteiger partial charge on any atom is 0.419 e. The summed E-state index contributed by atoms with van der Waals surface area (Å²) in [6.07, 6.45) is -9.05. The van der Waals surface area contributed by atoms with Crippen molar-refractivity contribution >= 4 is 17.6 Å². The lowest BCUT2D eigenvalue weighted by atomic mass is 10.0. The van der Waals surface area contributed by atoms with Crippen LogP contribution < -0.4 is 10.6 Å². The Kier molecular flexibility index (Phi) is 7.10. The lowest BCUT2D eigenvalue weighted by Gasteiger charge is -2.27. The van der Waals surface area contributed by atoms with E-state index in [2.05, 4.69) is 15.7 Å². The van der Waals surface area contributed by atoms with E-state index in [1.807, 2.05) is 0 Å². The van der Waals surface area contributed by atoms with Gasteiger partial charge in [0.1, 0.15) is 11.5 Å². The zero-order chi connectivity index (χ0) is 27.1. The molecule has 2 aliphatic heterocycles. The molecule has 0 spiro atoms. The normalized spacial score (nSPS) is 18.4. The number of hydrogen-bond acceptors (Lipinski definition) is 4. The molecule has 0 fully saturated rings. The molecule has 1 atom stereocenters. The van der Waals surface area contributed by atoms with Gasteiger partial charge in [-0.05, 0) is 18.2 Å². The highest BCUT2D eigenvalue weighted by Crippen LogP contribution is 2.33. The second kappa shape index (κ2) is 9.84. The number of nitrogens with zero attached hydrogens (tertiary/aromatic N) is 4. The molecule has 1 unspecified atom stereocenters. The Bertz CT molecular complexity index is 1190. The SMILES string of the molecule is CN1CC(CNCC(F)(F)F)Cn2nc3c(c2C1=O)CN(C(=O)Nc1ccc(F)c(C(F)(F)F)c1)CC3. The number of carbonyl (C=O) groups is 2. The molecule has 1 aromatic carbocycles. The molecular weight excluding hydrogens is 513 g/mol. The molecule has 0 radical (unpaired) electrons. The Morgan fingerprint density at radius 1 is 1.16 bits per heavy atom. The van der Waals surface area contributed by atoms with Crippen LogP contribution in [-0.2, 0) is 25.7 Å². The maximum absolute atomic E-state index is 13.6. The summed E-state index contributed by atoms with van der Waals surface area (Å²) in [5.41, 5.74) is -0.512. The predicted octanol–water partition coefficient (Wildman–Crippen LogP) is 3.48. The van der Waals surface area contributed by atoms with E-state index in [-0.39, 0.29) is 56.4 Å². The minimum Gasteiger partial charge on any atom is -0.340 e. The summed E-state index contributed by atoms with van der Waals surface area (Å²) in [6, 6.07) is 1.38. The minimum absolute atomic E-state index is 0.00715. The topological polar surface area (TPSA) is 82.5 Å². The van der Waals surface area contributed by atoms with Crippen LogP contribution >= 0.6 is 0 Å². The summed E-state index contributed by atoms with van der Waals surface area (Å²) in [5, 5.41) is 9.14. The number of rotatable bonds is 4. The third kappa shape index (κ3) is 5.97. The first-order chi connectivity index (χ1) is 17.2. The van der Waals surface area contributed by atoms with E-state index < -0.39 is 42.2 Å². The zero-order valence-electron chi connectivity index (χ0n) is 19.5. The van der Waals surface area contributed by atoms with Crippen LogP contribution in [0.4, 0.5) is 41.2 Å². The van der Waals surface area contributed by atoms with Gasteiger partial charge in [-0.3, -0.25) is 9.48 Å². The Morgan fingerprint density at radius 2 is 1.89 bits per heavy atom. The molecule has 0 saturated carbocycles. The third-order valence-electron chi connectivity index (χ3n) is 6.18. The predicted molar refractivity (Wildman–Crippen MR) is 116 cm³/mol. The molecule has 15 heteroatoms. The molecule has 0 bridgehead atoms. The monoisotopic (exact) mass is 536 g/mol. The van der Waals surface area contributed by atoms with Gasteiger partial charge >= 0.3 is 18.4 Å². The molecule has 1 aromatic heterocycles. The second-order valence-corrected chi connectivity index (χ2v) is 9.05. The number of nitrogens with one attached hydrogen (secondary N) is 2. The molecule has 3 amide bonds. The summed E-state index contributed by atoms with van der Waals surface area (Å²) in [4.78, 5) is 28.6. The lowest BCUT2D eigenvalue weighted by Crippen LogP contribution is -2.40. The molecule has 2 aromatic rings. The van der Waals surface area contributed by atoms with Gasteiger partial charge in [-0.1, -0.05) is 0 Å². The maximum atomic E-state index is 13.6. The third-order valence-corrected chi connectivity index (χ3v) is 6.18. The van der Waals surface area contributed by atoms with Gasteiger partial charge in [-0.25, -0.2) is 9.18 Å². The highest BCUT2D eigenvalue weighted by Gasteiger charge is 2.36. The summed E-state index contributed by atoms with van der Waals surface area (Å²) in [7, 11) is 1.52. The van der Waals surface area contributed by atoms with E-state index in [0.29, 0.717) is 23.4 Å². The Hall–Kier alpha value is -3.36. The van der Waals surface area contributed by atoms with Crippen molar-refractivity contribution in [2.45, 2.75) is 31.9 Å². The van der Waals surface area contributed by atoms with E-state index in [9.17, 15) is 40.3 Å². The molecule has 8 nitrogen and oxygen atoms in total. The average molecular weight is 536 g/mol. The number of fused-ring (bicyclic) bond motifs is 3. The first kappa shape index (κ1) is 26.7. The molecule has 0 aliphatic carbocycles. The summed E-state index contributed by atoms with van der Waals surface area (Å²) >= 11 is 0. The first-order valence-corrected chi connectivity index (χ1v) is 11.3. The number of benzene rings is 1. The molecule has 202 valence electrons. The van der Waals surface area contributed by atoms with Crippen LogP contribution in [0.2, 0.25) is 0 Å². The largest absolute Gasteiger partial charge is 0.419 e. The van der Waals surface area contributed by atoms with Crippen molar-refractivity contribution in [1.82, 2.24) is 24.9 Å². The number of anilines is 1. The molecular formula is C22H23F7N6O2. The quantitative estimate of drug-likeness (QED) is 0.587. The van der Waals surface area contributed by atoms with Crippen LogP contribution in [0.3, 0.4) is 0 Å². The van der Waals surface area contributed by atoms with Crippen molar-refractivity contribution in [3.05, 3.63) is 46.5 Å². The van der Waals surface area contributed by atoms with Crippen LogP contribution in [0.1, 0.15) is 27.3 Å². The number of halogens is 7. The molecule has 2 N–H and O–H groups in total. The van der Waals surface area contributed by atoms with Crippen molar-refractivity contribution in [2.24, 2.45) is 5.92 Å². The van der Waals surface area contributed by atoms with Gasteiger partial charge in [0.2, 0.25) is 0 Å². The fraction of sp³-hybridized carbons (Fsp3) is 0.500. The average Bonchev–Trinajstić information content (AvgIpc) is 3.09. The smallest absolute Gasteiger partial charge is 0.340 e. The number of aromatic nitrogens is 2. The highest BCUT2D eigenvalue weighted by atomic mass is 19.4. The number of urea groups is 1. The van der Waals surface area contributed by atoms with E-state index in [0.717, 1.165) is 6.07 Å². The van der Waals surface area contributed by atoms with Crippen molar-refractivity contribution in [3.8, 4) is 0 Å². The number of amides is 3. The van der Waals surface area contributed by atoms with Gasteiger partial charge in [0.25, 0.3) is 5.91 Å². The summed E-state index contributed by atoms with van der Waals surface area (Å²) in [5.74, 6) is -2.22. The van der Waals surface area contributed by atoms with Crippen molar-refractivity contribution in [1.29, 1.82) is 0 Å². The minimum atomic E-state index is -4.94. The van der Waals surface area contributed by atoms with Crippen LogP contribution in [0.15, 0.2) is 18.2 Å². The Balaban J connectivity index is 1.50. The van der Waals surface area contributed by atoms with Gasteiger partial charge < -0.3 is 20.4 Å². The van der Waals surface area contributed by atoms with Gasteiger partial charge in [0.15, 0.2) is 0 Å². The van der Waals surface area contributed by atoms with Gasteiger partial charge in [-0.15, -0.1) is 0 Å². The van der Waals surface area contributed by atoms with Crippen molar-refractivity contribution in [3.63, 3.8) is 0 Å². The first-order valence-electron chi connectivity index (χ1n) is 11.3. The summed E-state index contributed by atoms with van der Waals surface area (Å²) < 4.78 is 91.5. The number of alkyl halides is 6. The van der Waals surface area contributed by atoms with Crippen molar-refractivity contribution in [2.75, 3.05) is 38.5 Å². The standard InChI is InChI=1S/C22H23F7N6O2/c1-33-8-12(7-30-11-21(24,25)26)9-35-18(19(33)36)14-10-34(5-4-17(14)32-35)20(37)31-13-2-3-16(23)15(6-13)22(27,28)29/h2-3,6,12,30H,4-5,7-11H2,1H3,(H,31,37). The van der Waals surface area contributed by atoms with E-state index in [1.54, 1.807) is 0 Å². The molecule has 37 heavy (non-hydrogen) atoms. The van der Waals surface area contributed by atoms with E-state index in [1.165, 1.54) is 21.5 Å². The molecule has 0 saturated heterocycles. The fourth-order valence-corrected chi connectivity index (χ4v) is 4.49. The van der Waals surface area contributed by atoms with E-state index >= 15 is 0 Å². The second-order valence-electron chi connectivity index (χ2n) is 9.05. The molecule has 2 aliphatic rings. The van der Waals surface area contributed by atoms with Crippen LogP contribution in [0, 0.1) is 11.7 Å². The van der Waals surface area contributed by atoms with Crippen molar-refractivity contribution < 1.29 is 40.3 Å². The van der Waals surface area contributed by atoms with Gasteiger partial charge in [0.05, 0.1) is 24.3 Å². The Morgan fingerprint density at radius 3 is 2.57 bits per heavy atom. The number of hydrogen-bond donors (Lipinski definition) is 2. The molecule has 3 heterocycles. The van der Waals surface area contributed by atoms with E-state index in [4.69, 9.17) is 0 Å². The number of carbonyl (C=O) groups excluding carboxylic acids is 2. The summed E-state index contributed by atoms with van der Waals surface area (Å²) in [6.45, 7) is -0.674. The van der Waals surface area contributed by atoms with Crippen LogP contribution in [0.5, 0.6) is 0 Å². The van der Waals surface area contributed by atoms with Crippen LogP contribution in [0.25, 0.3) is 0 Å². The highest BCUT2D eigenvalue weighted by molar-refractivity contribution is 5.95.